The highest BCUT2D eigenvalue weighted by atomic mass is 32.1. The maximum absolute atomic E-state index is 13.1. The molecule has 0 amide bonds. The number of nitrogens with one attached hydrogen (secondary N) is 1. The Morgan fingerprint density at radius 3 is 2.64 bits per heavy atom. The molecular weight excluding hydrogens is 449 g/mol. The summed E-state index contributed by atoms with van der Waals surface area (Å²) in [5.41, 5.74) is 9.00. The first-order valence-electron chi connectivity index (χ1n) is 9.92. The van der Waals surface area contributed by atoms with Crippen molar-refractivity contribution in [2.24, 2.45) is 0 Å². The van der Waals surface area contributed by atoms with Crippen LogP contribution in [0.25, 0.3) is 28.2 Å². The lowest BCUT2D eigenvalue weighted by Gasteiger charge is -2.12. The number of thiophene rings is 1. The van der Waals surface area contributed by atoms with Crippen LogP contribution in [0.3, 0.4) is 0 Å². The van der Waals surface area contributed by atoms with Crippen LogP contribution in [-0.2, 0) is 12.7 Å². The number of halogens is 3. The normalized spacial score (nSPS) is 11.7. The van der Waals surface area contributed by atoms with Crippen LogP contribution in [0, 0.1) is 0 Å². The summed E-state index contributed by atoms with van der Waals surface area (Å²) >= 11 is 1.55. The molecular formula is C23H17F3N6S. The van der Waals surface area contributed by atoms with Gasteiger partial charge in [0.2, 0.25) is 0 Å². The van der Waals surface area contributed by atoms with Gasteiger partial charge in [0.25, 0.3) is 0 Å². The Hall–Kier alpha value is -3.92. The molecule has 6 nitrogen and oxygen atoms in total. The van der Waals surface area contributed by atoms with Gasteiger partial charge >= 0.3 is 6.18 Å². The van der Waals surface area contributed by atoms with Gasteiger partial charge in [0.05, 0.1) is 11.3 Å². The third kappa shape index (κ3) is 4.24. The minimum Gasteiger partial charge on any atom is -0.399 e. The highest BCUT2D eigenvalue weighted by molar-refractivity contribution is 7.08. The molecule has 0 fully saturated rings. The lowest BCUT2D eigenvalue weighted by atomic mass is 10.1. The molecule has 0 bridgehead atoms. The fourth-order valence-electron chi connectivity index (χ4n) is 3.46. The van der Waals surface area contributed by atoms with Gasteiger partial charge in [-0.2, -0.15) is 24.5 Å². The van der Waals surface area contributed by atoms with E-state index < -0.39 is 11.7 Å². The standard InChI is InChI=1S/C23H17F3N6S/c24-23(25,26)16-5-1-3-14(9-16)11-28-21-19-22(32(13-29-19)18-7-8-33-12-18)31-20(30-21)15-4-2-6-17(27)10-15/h1-10,12-13H,11,27H2,(H,28,30,31). The second kappa shape index (κ2) is 8.21. The number of fused-ring (bicyclic) bond motifs is 1. The summed E-state index contributed by atoms with van der Waals surface area (Å²) < 4.78 is 41.1. The Balaban J connectivity index is 1.57. The third-order valence-corrected chi connectivity index (χ3v) is 5.71. The lowest BCUT2D eigenvalue weighted by Crippen LogP contribution is -2.08. The average Bonchev–Trinajstić information content (AvgIpc) is 3.47. The van der Waals surface area contributed by atoms with Crippen molar-refractivity contribution in [1.82, 2.24) is 19.5 Å². The summed E-state index contributed by atoms with van der Waals surface area (Å²) in [6, 6.07) is 14.3. The molecule has 0 spiro atoms. The first kappa shape index (κ1) is 21.0. The Morgan fingerprint density at radius 1 is 1.03 bits per heavy atom. The number of nitrogens with zero attached hydrogens (tertiary/aromatic N) is 4. The molecule has 0 atom stereocenters. The summed E-state index contributed by atoms with van der Waals surface area (Å²) in [4.78, 5) is 13.8. The van der Waals surface area contributed by atoms with E-state index in [9.17, 15) is 13.2 Å². The number of hydrogen-bond acceptors (Lipinski definition) is 6. The van der Waals surface area contributed by atoms with Crippen molar-refractivity contribution in [2.45, 2.75) is 12.7 Å². The number of imidazole rings is 1. The Kier molecular flexibility index (Phi) is 5.21. The minimum absolute atomic E-state index is 0.137. The van der Waals surface area contributed by atoms with Crippen LogP contribution in [0.4, 0.5) is 24.7 Å². The van der Waals surface area contributed by atoms with Crippen molar-refractivity contribution in [3.05, 3.63) is 82.8 Å². The van der Waals surface area contributed by atoms with Crippen LogP contribution in [0.5, 0.6) is 0 Å². The molecule has 33 heavy (non-hydrogen) atoms. The Bertz CT molecular complexity index is 1430. The highest BCUT2D eigenvalue weighted by Gasteiger charge is 2.30. The van der Waals surface area contributed by atoms with Gasteiger partial charge in [-0.25, -0.2) is 15.0 Å². The molecule has 2 aromatic carbocycles. The van der Waals surface area contributed by atoms with E-state index in [2.05, 4.69) is 15.3 Å². The smallest absolute Gasteiger partial charge is 0.399 e. The number of alkyl halides is 3. The topological polar surface area (TPSA) is 81.6 Å². The van der Waals surface area contributed by atoms with Crippen LogP contribution in [-0.4, -0.2) is 19.5 Å². The Morgan fingerprint density at radius 2 is 1.88 bits per heavy atom. The van der Waals surface area contributed by atoms with E-state index in [1.165, 1.54) is 6.07 Å². The quantitative estimate of drug-likeness (QED) is 0.322. The van der Waals surface area contributed by atoms with Gasteiger partial charge < -0.3 is 11.1 Å². The molecule has 3 aromatic heterocycles. The molecule has 0 saturated carbocycles. The number of rotatable bonds is 5. The van der Waals surface area contributed by atoms with E-state index in [1.807, 2.05) is 33.5 Å². The van der Waals surface area contributed by atoms with E-state index in [-0.39, 0.29) is 6.54 Å². The summed E-state index contributed by atoms with van der Waals surface area (Å²) in [5, 5.41) is 7.07. The molecule has 0 aliphatic heterocycles. The molecule has 166 valence electrons. The van der Waals surface area contributed by atoms with Gasteiger partial charge in [-0.3, -0.25) is 4.57 Å². The number of benzene rings is 2. The van der Waals surface area contributed by atoms with E-state index in [0.29, 0.717) is 34.1 Å². The van der Waals surface area contributed by atoms with E-state index in [4.69, 9.17) is 10.7 Å². The van der Waals surface area contributed by atoms with Crippen LogP contribution in [0.15, 0.2) is 71.7 Å². The molecule has 0 aliphatic carbocycles. The van der Waals surface area contributed by atoms with Gasteiger partial charge in [-0.05, 0) is 41.3 Å². The highest BCUT2D eigenvalue weighted by Crippen LogP contribution is 2.31. The molecule has 0 aliphatic rings. The molecule has 3 heterocycles. The Labute approximate surface area is 190 Å². The first-order valence-corrected chi connectivity index (χ1v) is 10.9. The van der Waals surface area contributed by atoms with Crippen LogP contribution in [0.1, 0.15) is 11.1 Å². The van der Waals surface area contributed by atoms with Crippen molar-refractivity contribution in [1.29, 1.82) is 0 Å². The predicted molar refractivity (Wildman–Crippen MR) is 123 cm³/mol. The summed E-state index contributed by atoms with van der Waals surface area (Å²) in [5.74, 6) is 0.849. The average molecular weight is 466 g/mol. The molecule has 10 heteroatoms. The number of anilines is 2. The molecule has 0 saturated heterocycles. The van der Waals surface area contributed by atoms with E-state index in [0.717, 1.165) is 23.4 Å². The van der Waals surface area contributed by atoms with E-state index >= 15 is 0 Å². The zero-order valence-electron chi connectivity index (χ0n) is 17.0. The van der Waals surface area contributed by atoms with Crippen molar-refractivity contribution in [2.75, 3.05) is 11.1 Å². The molecule has 0 unspecified atom stereocenters. The summed E-state index contributed by atoms with van der Waals surface area (Å²) in [6.45, 7) is 0.137. The molecule has 5 rings (SSSR count). The zero-order valence-corrected chi connectivity index (χ0v) is 17.9. The van der Waals surface area contributed by atoms with Crippen LogP contribution in [0.2, 0.25) is 0 Å². The largest absolute Gasteiger partial charge is 0.416 e. The van der Waals surface area contributed by atoms with Gasteiger partial charge in [0.15, 0.2) is 22.8 Å². The van der Waals surface area contributed by atoms with Gasteiger partial charge in [0.1, 0.15) is 6.33 Å². The van der Waals surface area contributed by atoms with Crippen molar-refractivity contribution in [3.63, 3.8) is 0 Å². The van der Waals surface area contributed by atoms with Gasteiger partial charge in [-0.1, -0.05) is 24.3 Å². The summed E-state index contributed by atoms with van der Waals surface area (Å²) in [6.07, 6.45) is -2.75. The first-order chi connectivity index (χ1) is 15.9. The SMILES string of the molecule is Nc1cccc(-c2nc(NCc3cccc(C(F)(F)F)c3)c3ncn(-c4ccsc4)c3n2)c1. The zero-order chi connectivity index (χ0) is 23.0. The third-order valence-electron chi connectivity index (χ3n) is 5.04. The van der Waals surface area contributed by atoms with E-state index in [1.54, 1.807) is 35.9 Å². The number of aromatic nitrogens is 4. The van der Waals surface area contributed by atoms with Crippen molar-refractivity contribution < 1.29 is 13.2 Å². The molecule has 0 radical (unpaired) electrons. The fourth-order valence-corrected chi connectivity index (χ4v) is 4.08. The van der Waals surface area contributed by atoms with Crippen molar-refractivity contribution in [3.8, 4) is 17.1 Å². The maximum Gasteiger partial charge on any atom is 0.416 e. The fraction of sp³-hybridized carbons (Fsp3) is 0.0870. The second-order valence-electron chi connectivity index (χ2n) is 7.34. The summed E-state index contributed by atoms with van der Waals surface area (Å²) in [7, 11) is 0. The minimum atomic E-state index is -4.40. The second-order valence-corrected chi connectivity index (χ2v) is 8.12. The predicted octanol–water partition coefficient (Wildman–Crippen LogP) is 5.76. The van der Waals surface area contributed by atoms with Crippen LogP contribution < -0.4 is 11.1 Å². The number of nitrogen functional groups attached to an aromatic ring is 1. The molecule has 5 aromatic rings. The van der Waals surface area contributed by atoms with Gasteiger partial charge in [0, 0.05) is 23.2 Å². The van der Waals surface area contributed by atoms with Crippen LogP contribution >= 0.6 is 11.3 Å². The maximum atomic E-state index is 13.1. The molecule has 3 N–H and O–H groups in total. The number of hydrogen-bond donors (Lipinski definition) is 2. The van der Waals surface area contributed by atoms with Gasteiger partial charge in [-0.15, -0.1) is 0 Å². The number of nitrogens with two attached hydrogens (primary N) is 1. The lowest BCUT2D eigenvalue weighted by molar-refractivity contribution is -0.137. The van der Waals surface area contributed by atoms with Crippen molar-refractivity contribution >= 4 is 34.0 Å². The monoisotopic (exact) mass is 466 g/mol.